The number of primary amides is 1. The summed E-state index contributed by atoms with van der Waals surface area (Å²) in [5.74, 6) is -0.252. The van der Waals surface area contributed by atoms with Crippen LogP contribution in [0.3, 0.4) is 0 Å². The molecule has 0 spiro atoms. The first kappa shape index (κ1) is 11.0. The average Bonchev–Trinajstić information content (AvgIpc) is 2.30. The van der Waals surface area contributed by atoms with E-state index in [0.717, 1.165) is 12.0 Å². The molecule has 1 aliphatic heterocycles. The van der Waals surface area contributed by atoms with Gasteiger partial charge in [-0.3, -0.25) is 4.79 Å². The van der Waals surface area contributed by atoms with Gasteiger partial charge in [0.05, 0.1) is 0 Å². The van der Waals surface area contributed by atoms with Crippen molar-refractivity contribution < 1.29 is 14.6 Å². The van der Waals surface area contributed by atoms with Gasteiger partial charge in [-0.25, -0.2) is 0 Å². The summed E-state index contributed by atoms with van der Waals surface area (Å²) in [5, 5.41) is 9.18. The van der Waals surface area contributed by atoms with Crippen molar-refractivity contribution in [1.82, 2.24) is 0 Å². The van der Waals surface area contributed by atoms with Crippen molar-refractivity contribution >= 4 is 5.91 Å². The summed E-state index contributed by atoms with van der Waals surface area (Å²) in [6.45, 7) is 0.492. The zero-order valence-corrected chi connectivity index (χ0v) is 8.72. The minimum absolute atomic E-state index is 0.0341. The van der Waals surface area contributed by atoms with Gasteiger partial charge in [0, 0.05) is 13.0 Å². The van der Waals surface area contributed by atoms with E-state index < -0.39 is 12.0 Å². The number of hydrogen-bond donors (Lipinski definition) is 2. The highest BCUT2D eigenvalue weighted by Gasteiger charge is 2.28. The Bertz CT molecular complexity index is 374. The summed E-state index contributed by atoms with van der Waals surface area (Å²) in [6.07, 6.45) is 3.05. The van der Waals surface area contributed by atoms with Gasteiger partial charge in [-0.05, 0) is 30.0 Å². The second-order valence-electron chi connectivity index (χ2n) is 3.75. The lowest BCUT2D eigenvalue weighted by Crippen LogP contribution is -2.37. The van der Waals surface area contributed by atoms with E-state index in [1.54, 1.807) is 12.1 Å². The van der Waals surface area contributed by atoms with Gasteiger partial charge in [-0.1, -0.05) is 12.1 Å². The molecule has 2 rings (SSSR count). The quantitative estimate of drug-likeness (QED) is 0.773. The van der Waals surface area contributed by atoms with Gasteiger partial charge in [-0.15, -0.1) is 0 Å². The number of amides is 1. The van der Waals surface area contributed by atoms with Gasteiger partial charge in [0.2, 0.25) is 5.91 Å². The maximum absolute atomic E-state index is 11.0. The normalized spacial score (nSPS) is 25.2. The van der Waals surface area contributed by atoms with Gasteiger partial charge < -0.3 is 15.6 Å². The van der Waals surface area contributed by atoms with Gasteiger partial charge in [0.1, 0.15) is 11.9 Å². The number of phenols is 1. The van der Waals surface area contributed by atoms with Crippen LogP contribution < -0.4 is 5.73 Å². The van der Waals surface area contributed by atoms with Crippen molar-refractivity contribution in [1.29, 1.82) is 0 Å². The summed E-state index contributed by atoms with van der Waals surface area (Å²) < 4.78 is 5.18. The smallest absolute Gasteiger partial charge is 0.247 e. The first-order valence-corrected chi connectivity index (χ1v) is 5.13. The van der Waals surface area contributed by atoms with E-state index in [-0.39, 0.29) is 11.7 Å². The molecule has 1 saturated heterocycles. The van der Waals surface area contributed by atoms with Crippen LogP contribution in [0.15, 0.2) is 24.3 Å². The SMILES string of the molecule is NC(=O)[C@H]1[C][C@H](c2ccc(O)cc2)CCO1. The van der Waals surface area contributed by atoms with Crippen LogP contribution in [0.2, 0.25) is 0 Å². The van der Waals surface area contributed by atoms with E-state index in [1.165, 1.54) is 0 Å². The minimum atomic E-state index is -0.729. The molecule has 4 nitrogen and oxygen atoms in total. The van der Waals surface area contributed by atoms with Gasteiger partial charge in [-0.2, -0.15) is 0 Å². The molecule has 0 aliphatic carbocycles. The summed E-state index contributed by atoms with van der Waals surface area (Å²) in [5.41, 5.74) is 6.17. The lowest BCUT2D eigenvalue weighted by Gasteiger charge is -2.27. The standard InChI is InChI=1S/C12H13NO3/c13-12(15)11-7-9(5-6-16-11)8-1-3-10(14)4-2-8/h1-4,9,11,14H,5-6H2,(H2,13,15)/t9-,11-/m1/s1. The van der Waals surface area contributed by atoms with Crippen molar-refractivity contribution in [2.75, 3.05) is 6.61 Å². The molecule has 0 bridgehead atoms. The zero-order chi connectivity index (χ0) is 11.5. The lowest BCUT2D eigenvalue weighted by atomic mass is 9.88. The third kappa shape index (κ3) is 2.33. The Morgan fingerprint density at radius 2 is 2.12 bits per heavy atom. The second kappa shape index (κ2) is 4.53. The molecule has 1 fully saturated rings. The van der Waals surface area contributed by atoms with Crippen molar-refractivity contribution in [3.63, 3.8) is 0 Å². The number of carbonyl (C=O) groups excluding carboxylic acids is 1. The van der Waals surface area contributed by atoms with Crippen LogP contribution in [-0.2, 0) is 9.53 Å². The maximum atomic E-state index is 11.0. The topological polar surface area (TPSA) is 72.6 Å². The van der Waals surface area contributed by atoms with E-state index >= 15 is 0 Å². The number of aromatic hydroxyl groups is 1. The number of phenolic OH excluding ortho intramolecular Hbond substituents is 1. The molecule has 4 heteroatoms. The highest BCUT2D eigenvalue weighted by Crippen LogP contribution is 2.29. The molecular formula is C12H13NO3. The predicted octanol–water partition coefficient (Wildman–Crippen LogP) is 0.831. The Kier molecular flexibility index (Phi) is 3.10. The molecule has 1 aliphatic rings. The first-order chi connectivity index (χ1) is 7.66. The third-order valence-corrected chi connectivity index (χ3v) is 2.60. The summed E-state index contributed by atoms with van der Waals surface area (Å²) in [4.78, 5) is 11.0. The van der Waals surface area contributed by atoms with Gasteiger partial charge in [0.25, 0.3) is 0 Å². The number of ether oxygens (including phenoxy) is 1. The molecule has 0 unspecified atom stereocenters. The minimum Gasteiger partial charge on any atom is -0.508 e. The van der Waals surface area contributed by atoms with Crippen LogP contribution in [0.5, 0.6) is 5.75 Å². The van der Waals surface area contributed by atoms with Crippen LogP contribution in [0.4, 0.5) is 0 Å². The molecule has 1 aromatic carbocycles. The molecular weight excluding hydrogens is 206 g/mol. The fourth-order valence-electron chi connectivity index (χ4n) is 1.75. The number of carbonyl (C=O) groups is 1. The van der Waals surface area contributed by atoms with Gasteiger partial charge in [0.15, 0.2) is 0 Å². The highest BCUT2D eigenvalue weighted by molar-refractivity contribution is 5.80. The summed E-state index contributed by atoms with van der Waals surface area (Å²) >= 11 is 0. The zero-order valence-electron chi connectivity index (χ0n) is 8.72. The Labute approximate surface area is 94.0 Å². The fourth-order valence-corrected chi connectivity index (χ4v) is 1.75. The fraction of sp³-hybridized carbons (Fsp3) is 0.333. The highest BCUT2D eigenvalue weighted by atomic mass is 16.5. The van der Waals surface area contributed by atoms with Crippen molar-refractivity contribution in [2.24, 2.45) is 5.73 Å². The van der Waals surface area contributed by atoms with E-state index in [2.05, 4.69) is 6.42 Å². The Hall–Kier alpha value is -1.55. The third-order valence-electron chi connectivity index (χ3n) is 2.60. The predicted molar refractivity (Wildman–Crippen MR) is 57.6 cm³/mol. The van der Waals surface area contributed by atoms with Crippen LogP contribution >= 0.6 is 0 Å². The molecule has 2 radical (unpaired) electrons. The van der Waals surface area contributed by atoms with Crippen LogP contribution in [0.25, 0.3) is 0 Å². The molecule has 84 valence electrons. The molecule has 0 aromatic heterocycles. The largest absolute Gasteiger partial charge is 0.508 e. The Morgan fingerprint density at radius 1 is 1.44 bits per heavy atom. The molecule has 3 N–H and O–H groups in total. The molecule has 16 heavy (non-hydrogen) atoms. The summed E-state index contributed by atoms with van der Waals surface area (Å²) in [6, 6.07) is 6.87. The summed E-state index contributed by atoms with van der Waals surface area (Å²) in [7, 11) is 0. The molecule has 1 heterocycles. The van der Waals surface area contributed by atoms with Crippen LogP contribution in [0, 0.1) is 6.42 Å². The number of rotatable bonds is 2. The van der Waals surface area contributed by atoms with E-state index in [0.29, 0.717) is 6.61 Å². The van der Waals surface area contributed by atoms with Crippen molar-refractivity contribution in [2.45, 2.75) is 18.4 Å². The Balaban J connectivity index is 2.09. The molecule has 0 saturated carbocycles. The van der Waals surface area contributed by atoms with Gasteiger partial charge >= 0.3 is 0 Å². The monoisotopic (exact) mass is 219 g/mol. The molecule has 1 amide bonds. The number of benzene rings is 1. The lowest BCUT2D eigenvalue weighted by molar-refractivity contribution is -0.129. The number of nitrogens with two attached hydrogens (primary N) is 1. The van der Waals surface area contributed by atoms with E-state index in [4.69, 9.17) is 10.5 Å². The van der Waals surface area contributed by atoms with Crippen LogP contribution in [-0.4, -0.2) is 23.7 Å². The second-order valence-corrected chi connectivity index (χ2v) is 3.75. The van der Waals surface area contributed by atoms with Crippen molar-refractivity contribution in [3.05, 3.63) is 36.2 Å². The molecule has 2 atom stereocenters. The average molecular weight is 219 g/mol. The van der Waals surface area contributed by atoms with E-state index in [1.807, 2.05) is 12.1 Å². The first-order valence-electron chi connectivity index (χ1n) is 5.13. The Morgan fingerprint density at radius 3 is 2.75 bits per heavy atom. The van der Waals surface area contributed by atoms with Crippen molar-refractivity contribution in [3.8, 4) is 5.75 Å². The maximum Gasteiger partial charge on any atom is 0.247 e. The number of hydrogen-bond acceptors (Lipinski definition) is 3. The van der Waals surface area contributed by atoms with Crippen LogP contribution in [0.1, 0.15) is 17.9 Å². The molecule has 1 aromatic rings. The van der Waals surface area contributed by atoms with E-state index in [9.17, 15) is 9.90 Å².